The van der Waals surface area contributed by atoms with E-state index in [4.69, 9.17) is 13.8 Å². The van der Waals surface area contributed by atoms with Gasteiger partial charge in [0.1, 0.15) is 5.75 Å². The zero-order chi connectivity index (χ0) is 19.9. The molecule has 0 aliphatic carbocycles. The van der Waals surface area contributed by atoms with Crippen LogP contribution in [0.3, 0.4) is 0 Å². The lowest BCUT2D eigenvalue weighted by Crippen LogP contribution is -2.12. The summed E-state index contributed by atoms with van der Waals surface area (Å²) in [5, 5.41) is 4.91. The van der Waals surface area contributed by atoms with Crippen LogP contribution >= 0.6 is 18.9 Å². The van der Waals surface area contributed by atoms with E-state index < -0.39 is 7.60 Å². The number of nitrogens with one attached hydrogen (secondary N) is 1. The second-order valence-corrected chi connectivity index (χ2v) is 8.81. The summed E-state index contributed by atoms with van der Waals surface area (Å²) < 4.78 is 28.7. The Balaban J connectivity index is 2.04. The summed E-state index contributed by atoms with van der Waals surface area (Å²) in [4.78, 5) is 16.8. The molecule has 0 saturated heterocycles. The van der Waals surface area contributed by atoms with Crippen molar-refractivity contribution in [2.45, 2.75) is 40.0 Å². The van der Waals surface area contributed by atoms with Crippen LogP contribution in [0.2, 0.25) is 0 Å². The fourth-order valence-electron chi connectivity index (χ4n) is 2.31. The van der Waals surface area contributed by atoms with Crippen LogP contribution in [0.1, 0.15) is 43.7 Å². The number of thiazole rings is 1. The molecule has 0 saturated carbocycles. The molecule has 2 rings (SSSR count). The van der Waals surface area contributed by atoms with E-state index >= 15 is 0 Å². The van der Waals surface area contributed by atoms with Crippen molar-refractivity contribution in [3.63, 3.8) is 0 Å². The van der Waals surface area contributed by atoms with Gasteiger partial charge in [0.2, 0.25) is 0 Å². The van der Waals surface area contributed by atoms with E-state index in [0.717, 1.165) is 0 Å². The van der Waals surface area contributed by atoms with E-state index in [1.54, 1.807) is 43.5 Å². The average Bonchev–Trinajstić information content (AvgIpc) is 3.01. The molecule has 9 heteroatoms. The topological polar surface area (TPSA) is 86.8 Å². The van der Waals surface area contributed by atoms with Crippen molar-refractivity contribution in [3.8, 4) is 5.75 Å². The van der Waals surface area contributed by atoms with E-state index in [9.17, 15) is 9.36 Å². The zero-order valence-corrected chi connectivity index (χ0v) is 17.6. The van der Waals surface area contributed by atoms with Gasteiger partial charge in [0.05, 0.1) is 31.2 Å². The minimum absolute atomic E-state index is 0.0243. The monoisotopic (exact) mass is 412 g/mol. The molecule has 0 fully saturated rings. The number of hydrogen-bond donors (Lipinski definition) is 1. The molecule has 2 aromatic rings. The summed E-state index contributed by atoms with van der Waals surface area (Å²) in [7, 11) is -3.23. The number of nitrogens with zero attached hydrogens (tertiary/aromatic N) is 1. The summed E-state index contributed by atoms with van der Waals surface area (Å²) in [6.07, 6.45) is 0.0925. The zero-order valence-electron chi connectivity index (χ0n) is 15.9. The van der Waals surface area contributed by atoms with Crippen LogP contribution in [0.4, 0.5) is 5.13 Å². The van der Waals surface area contributed by atoms with E-state index in [0.29, 0.717) is 35.4 Å². The molecule has 0 atom stereocenters. The van der Waals surface area contributed by atoms with Gasteiger partial charge in [-0.1, -0.05) is 6.07 Å². The smallest absolute Gasteiger partial charge is 0.336 e. The highest BCUT2D eigenvalue weighted by Gasteiger charge is 2.25. The highest BCUT2D eigenvalue weighted by atomic mass is 32.1. The summed E-state index contributed by atoms with van der Waals surface area (Å²) >= 11 is 1.26. The SMILES string of the molecule is CCOP(=O)(Cc1csc(NC(=O)c2cccc(OC(C)C)c2)n1)OCC. The molecule has 1 heterocycles. The molecule has 1 N–H and O–H groups in total. The average molecular weight is 412 g/mol. The third kappa shape index (κ3) is 6.74. The lowest BCUT2D eigenvalue weighted by molar-refractivity contribution is 0.102. The number of amides is 1. The Hall–Kier alpha value is -1.73. The van der Waals surface area contributed by atoms with Crippen molar-refractivity contribution in [1.82, 2.24) is 4.98 Å². The van der Waals surface area contributed by atoms with Crippen molar-refractivity contribution in [2.24, 2.45) is 0 Å². The normalized spacial score (nSPS) is 11.6. The molecule has 7 nitrogen and oxygen atoms in total. The minimum Gasteiger partial charge on any atom is -0.491 e. The standard InChI is InChI=1S/C18H25N2O5PS/c1-5-23-26(22,24-6-2)11-15-12-27-18(19-15)20-17(21)14-8-7-9-16(10-14)25-13(3)4/h7-10,12-13H,5-6,11H2,1-4H3,(H,19,20,21). The van der Waals surface area contributed by atoms with Gasteiger partial charge in [0.15, 0.2) is 5.13 Å². The summed E-state index contributed by atoms with van der Waals surface area (Å²) in [6, 6.07) is 6.95. The van der Waals surface area contributed by atoms with Gasteiger partial charge >= 0.3 is 7.60 Å². The molecule has 0 aliphatic rings. The van der Waals surface area contributed by atoms with Crippen LogP contribution in [-0.2, 0) is 19.8 Å². The molecule has 0 unspecified atom stereocenters. The first kappa shape index (κ1) is 21.6. The van der Waals surface area contributed by atoms with Gasteiger partial charge in [-0.2, -0.15) is 0 Å². The Morgan fingerprint density at radius 2 is 1.96 bits per heavy atom. The molecule has 1 aromatic carbocycles. The van der Waals surface area contributed by atoms with E-state index in [1.807, 2.05) is 13.8 Å². The van der Waals surface area contributed by atoms with Crippen molar-refractivity contribution >= 4 is 30.0 Å². The lowest BCUT2D eigenvalue weighted by atomic mass is 10.2. The predicted octanol–water partition coefficient (Wildman–Crippen LogP) is 4.95. The molecule has 0 radical (unpaired) electrons. The van der Waals surface area contributed by atoms with Crippen LogP contribution in [0.15, 0.2) is 29.6 Å². The van der Waals surface area contributed by atoms with Gasteiger partial charge in [-0.25, -0.2) is 4.98 Å². The number of carbonyl (C=O) groups excluding carboxylic acids is 1. The Morgan fingerprint density at radius 1 is 1.26 bits per heavy atom. The first-order chi connectivity index (χ1) is 12.8. The Labute approximate surface area is 163 Å². The number of hydrogen-bond acceptors (Lipinski definition) is 7. The van der Waals surface area contributed by atoms with Gasteiger partial charge in [0.25, 0.3) is 5.91 Å². The highest BCUT2D eigenvalue weighted by molar-refractivity contribution is 7.53. The van der Waals surface area contributed by atoms with Gasteiger partial charge in [-0.3, -0.25) is 14.7 Å². The Kier molecular flexibility index (Phi) is 7.98. The second-order valence-electron chi connectivity index (χ2n) is 5.90. The van der Waals surface area contributed by atoms with Gasteiger partial charge in [0, 0.05) is 10.9 Å². The van der Waals surface area contributed by atoms with Gasteiger partial charge in [-0.15, -0.1) is 11.3 Å². The minimum atomic E-state index is -3.23. The summed E-state index contributed by atoms with van der Waals surface area (Å²) in [6.45, 7) is 7.95. The number of rotatable bonds is 10. The molecule has 148 valence electrons. The molecular weight excluding hydrogens is 387 g/mol. The van der Waals surface area contributed by atoms with Crippen molar-refractivity contribution in [2.75, 3.05) is 18.5 Å². The molecule has 1 amide bonds. The third-order valence-corrected chi connectivity index (χ3v) is 6.07. The fraction of sp³-hybridized carbons (Fsp3) is 0.444. The van der Waals surface area contributed by atoms with Crippen LogP contribution in [0, 0.1) is 0 Å². The van der Waals surface area contributed by atoms with Crippen LogP contribution in [0.5, 0.6) is 5.75 Å². The third-order valence-electron chi connectivity index (χ3n) is 3.25. The number of carbonyl (C=O) groups is 1. The number of benzene rings is 1. The molecule has 27 heavy (non-hydrogen) atoms. The van der Waals surface area contributed by atoms with Crippen LogP contribution in [-0.4, -0.2) is 30.2 Å². The highest BCUT2D eigenvalue weighted by Crippen LogP contribution is 2.51. The van der Waals surface area contributed by atoms with E-state index in [1.165, 1.54) is 11.3 Å². The summed E-state index contributed by atoms with van der Waals surface area (Å²) in [5.41, 5.74) is 1.02. The predicted molar refractivity (Wildman–Crippen MR) is 107 cm³/mol. The maximum Gasteiger partial charge on any atom is 0.336 e. The van der Waals surface area contributed by atoms with E-state index in [-0.39, 0.29) is 18.2 Å². The fourth-order valence-corrected chi connectivity index (χ4v) is 4.74. The largest absolute Gasteiger partial charge is 0.491 e. The summed E-state index contributed by atoms with van der Waals surface area (Å²) in [5.74, 6) is 0.342. The molecule has 1 aromatic heterocycles. The van der Waals surface area contributed by atoms with Gasteiger partial charge < -0.3 is 13.8 Å². The quantitative estimate of drug-likeness (QED) is 0.556. The first-order valence-corrected chi connectivity index (χ1v) is 11.4. The van der Waals surface area contributed by atoms with Gasteiger partial charge in [-0.05, 0) is 45.9 Å². The molecule has 0 bridgehead atoms. The maximum absolute atomic E-state index is 12.6. The van der Waals surface area contributed by atoms with Crippen LogP contribution in [0.25, 0.3) is 0 Å². The second kappa shape index (κ2) is 9.99. The molecular formula is C18H25N2O5PS. The first-order valence-electron chi connectivity index (χ1n) is 8.75. The van der Waals surface area contributed by atoms with Crippen molar-refractivity contribution in [1.29, 1.82) is 0 Å². The number of aromatic nitrogens is 1. The van der Waals surface area contributed by atoms with E-state index in [2.05, 4.69) is 10.3 Å². The Bertz CT molecular complexity index is 799. The lowest BCUT2D eigenvalue weighted by Gasteiger charge is -2.15. The van der Waals surface area contributed by atoms with Crippen LogP contribution < -0.4 is 10.1 Å². The van der Waals surface area contributed by atoms with Crippen molar-refractivity contribution in [3.05, 3.63) is 40.9 Å². The Morgan fingerprint density at radius 3 is 2.59 bits per heavy atom. The number of ether oxygens (including phenoxy) is 1. The molecule has 0 aliphatic heterocycles. The molecule has 0 spiro atoms. The number of anilines is 1. The van der Waals surface area contributed by atoms with Crippen molar-refractivity contribution < 1.29 is 23.1 Å². The maximum atomic E-state index is 12.6.